The molecule has 0 aromatic heterocycles. The van der Waals surface area contributed by atoms with Crippen LogP contribution in [-0.2, 0) is 9.59 Å². The minimum Gasteiger partial charge on any atom is -0.353 e. The first-order valence-electron chi connectivity index (χ1n) is 8.45. The number of piperidine rings is 1. The minimum atomic E-state index is -0.321. The lowest BCUT2D eigenvalue weighted by atomic mass is 9.91. The average molecular weight is 295 g/mol. The van der Waals surface area contributed by atoms with Crippen LogP contribution in [0.2, 0.25) is 0 Å². The maximum atomic E-state index is 12.8. The van der Waals surface area contributed by atoms with Gasteiger partial charge in [-0.1, -0.05) is 13.8 Å². The van der Waals surface area contributed by atoms with Crippen LogP contribution in [0.1, 0.15) is 58.8 Å². The van der Waals surface area contributed by atoms with Crippen LogP contribution in [0, 0.1) is 0 Å². The molecule has 0 bridgehead atoms. The molecular formula is C16H29N3O2. The Balaban J connectivity index is 1.83. The predicted molar refractivity (Wildman–Crippen MR) is 82.9 cm³/mol. The van der Waals surface area contributed by atoms with Gasteiger partial charge in [0.1, 0.15) is 0 Å². The lowest BCUT2D eigenvalue weighted by molar-refractivity contribution is -0.139. The number of nitrogens with one attached hydrogen (secondary N) is 2. The van der Waals surface area contributed by atoms with Gasteiger partial charge in [-0.25, -0.2) is 0 Å². The first-order chi connectivity index (χ1) is 10.1. The van der Waals surface area contributed by atoms with Gasteiger partial charge in [-0.05, 0) is 45.1 Å². The van der Waals surface area contributed by atoms with Gasteiger partial charge in [-0.2, -0.15) is 0 Å². The summed E-state index contributed by atoms with van der Waals surface area (Å²) < 4.78 is 0. The standard InChI is InChI=1S/C16H29N3O2/c1-3-6-14(20)18-13-7-11-19(12-8-13)15(21)16(4-2)9-5-10-17-16/h13,17H,3-12H2,1-2H3,(H,18,20). The van der Waals surface area contributed by atoms with Crippen molar-refractivity contribution in [2.24, 2.45) is 0 Å². The topological polar surface area (TPSA) is 61.4 Å². The Morgan fingerprint density at radius 3 is 2.52 bits per heavy atom. The number of hydrogen-bond donors (Lipinski definition) is 2. The average Bonchev–Trinajstić information content (AvgIpc) is 2.97. The Morgan fingerprint density at radius 2 is 2.00 bits per heavy atom. The number of hydrogen-bond acceptors (Lipinski definition) is 3. The van der Waals surface area contributed by atoms with E-state index >= 15 is 0 Å². The Kier molecular flexibility index (Phi) is 5.62. The molecule has 0 saturated carbocycles. The Bertz CT molecular complexity index is 370. The molecule has 1 unspecified atom stereocenters. The summed E-state index contributed by atoms with van der Waals surface area (Å²) in [5, 5.41) is 6.50. The molecule has 2 aliphatic heterocycles. The summed E-state index contributed by atoms with van der Waals surface area (Å²) in [6.07, 6.45) is 6.13. The molecule has 5 heteroatoms. The zero-order chi connectivity index (χ0) is 15.3. The zero-order valence-electron chi connectivity index (χ0n) is 13.4. The maximum Gasteiger partial charge on any atom is 0.242 e. The van der Waals surface area contributed by atoms with E-state index in [1.54, 1.807) is 0 Å². The van der Waals surface area contributed by atoms with E-state index in [-0.39, 0.29) is 23.4 Å². The molecule has 2 heterocycles. The van der Waals surface area contributed by atoms with Gasteiger partial charge in [0.05, 0.1) is 5.54 Å². The van der Waals surface area contributed by atoms with Crippen molar-refractivity contribution in [2.45, 2.75) is 70.4 Å². The highest BCUT2D eigenvalue weighted by molar-refractivity contribution is 5.87. The highest BCUT2D eigenvalue weighted by Crippen LogP contribution is 2.27. The summed E-state index contributed by atoms with van der Waals surface area (Å²) in [4.78, 5) is 26.4. The lowest BCUT2D eigenvalue weighted by Gasteiger charge is -2.38. The second kappa shape index (κ2) is 7.25. The van der Waals surface area contributed by atoms with E-state index in [2.05, 4.69) is 17.6 Å². The Labute approximate surface area is 127 Å². The van der Waals surface area contributed by atoms with Crippen LogP contribution in [0.4, 0.5) is 0 Å². The first kappa shape index (κ1) is 16.3. The molecule has 2 fully saturated rings. The number of likely N-dealkylation sites (tertiary alicyclic amines) is 1. The molecule has 2 aliphatic rings. The van der Waals surface area contributed by atoms with E-state index < -0.39 is 0 Å². The molecule has 120 valence electrons. The van der Waals surface area contributed by atoms with E-state index in [1.165, 1.54) is 0 Å². The van der Waals surface area contributed by atoms with E-state index in [1.807, 2.05) is 11.8 Å². The van der Waals surface area contributed by atoms with Gasteiger partial charge in [-0.15, -0.1) is 0 Å². The predicted octanol–water partition coefficient (Wildman–Crippen LogP) is 1.43. The van der Waals surface area contributed by atoms with E-state index in [0.717, 1.165) is 58.2 Å². The van der Waals surface area contributed by atoms with Gasteiger partial charge >= 0.3 is 0 Å². The third-order valence-corrected chi connectivity index (χ3v) is 4.88. The van der Waals surface area contributed by atoms with Gasteiger partial charge in [0.25, 0.3) is 0 Å². The third-order valence-electron chi connectivity index (χ3n) is 4.88. The number of nitrogens with zero attached hydrogens (tertiary/aromatic N) is 1. The fourth-order valence-corrected chi connectivity index (χ4v) is 3.50. The van der Waals surface area contributed by atoms with Gasteiger partial charge in [-0.3, -0.25) is 9.59 Å². The maximum absolute atomic E-state index is 12.8. The third kappa shape index (κ3) is 3.76. The molecular weight excluding hydrogens is 266 g/mol. The van der Waals surface area contributed by atoms with Gasteiger partial charge < -0.3 is 15.5 Å². The molecule has 2 rings (SSSR count). The van der Waals surface area contributed by atoms with Crippen LogP contribution < -0.4 is 10.6 Å². The lowest BCUT2D eigenvalue weighted by Crippen LogP contribution is -2.57. The van der Waals surface area contributed by atoms with Crippen LogP contribution in [0.3, 0.4) is 0 Å². The Morgan fingerprint density at radius 1 is 1.29 bits per heavy atom. The second-order valence-electron chi connectivity index (χ2n) is 6.35. The van der Waals surface area contributed by atoms with Crippen LogP contribution in [0.25, 0.3) is 0 Å². The largest absolute Gasteiger partial charge is 0.353 e. The number of carbonyl (C=O) groups excluding carboxylic acids is 2. The second-order valence-corrected chi connectivity index (χ2v) is 6.35. The quantitative estimate of drug-likeness (QED) is 0.806. The molecule has 0 aromatic carbocycles. The van der Waals surface area contributed by atoms with Crippen molar-refractivity contribution in [3.05, 3.63) is 0 Å². The molecule has 2 N–H and O–H groups in total. The molecule has 0 radical (unpaired) electrons. The summed E-state index contributed by atoms with van der Waals surface area (Å²) in [5.74, 6) is 0.408. The fourth-order valence-electron chi connectivity index (χ4n) is 3.50. The van der Waals surface area contributed by atoms with Crippen molar-refractivity contribution in [1.82, 2.24) is 15.5 Å². The van der Waals surface area contributed by atoms with Crippen molar-refractivity contribution in [1.29, 1.82) is 0 Å². The molecule has 21 heavy (non-hydrogen) atoms. The van der Waals surface area contributed by atoms with E-state index in [9.17, 15) is 9.59 Å². The fraction of sp³-hybridized carbons (Fsp3) is 0.875. The molecule has 0 spiro atoms. The smallest absolute Gasteiger partial charge is 0.242 e. The number of rotatable bonds is 5. The van der Waals surface area contributed by atoms with Crippen molar-refractivity contribution in [3.63, 3.8) is 0 Å². The van der Waals surface area contributed by atoms with Crippen molar-refractivity contribution >= 4 is 11.8 Å². The molecule has 0 aliphatic carbocycles. The van der Waals surface area contributed by atoms with Crippen LogP contribution >= 0.6 is 0 Å². The zero-order valence-corrected chi connectivity index (χ0v) is 13.4. The highest BCUT2D eigenvalue weighted by atomic mass is 16.2. The van der Waals surface area contributed by atoms with Crippen LogP contribution in [-0.4, -0.2) is 47.9 Å². The normalized spacial score (nSPS) is 26.9. The molecule has 2 amide bonds. The van der Waals surface area contributed by atoms with Gasteiger partial charge in [0.2, 0.25) is 11.8 Å². The SMILES string of the molecule is CCCC(=O)NC1CCN(C(=O)C2(CC)CCCN2)CC1. The van der Waals surface area contributed by atoms with E-state index in [0.29, 0.717) is 6.42 Å². The molecule has 1 atom stereocenters. The summed E-state index contributed by atoms with van der Waals surface area (Å²) in [7, 11) is 0. The van der Waals surface area contributed by atoms with Crippen LogP contribution in [0.5, 0.6) is 0 Å². The van der Waals surface area contributed by atoms with Crippen molar-refractivity contribution < 1.29 is 9.59 Å². The molecule has 0 aromatic rings. The minimum absolute atomic E-state index is 0.143. The van der Waals surface area contributed by atoms with Gasteiger partial charge in [0, 0.05) is 25.6 Å². The number of carbonyl (C=O) groups is 2. The number of amides is 2. The molecule has 2 saturated heterocycles. The summed E-state index contributed by atoms with van der Waals surface area (Å²) in [6.45, 7) is 6.58. The highest BCUT2D eigenvalue weighted by Gasteiger charge is 2.42. The van der Waals surface area contributed by atoms with Crippen molar-refractivity contribution in [2.75, 3.05) is 19.6 Å². The Hall–Kier alpha value is -1.10. The van der Waals surface area contributed by atoms with E-state index in [4.69, 9.17) is 0 Å². The summed E-state index contributed by atoms with van der Waals surface area (Å²) in [5.41, 5.74) is -0.321. The monoisotopic (exact) mass is 295 g/mol. The summed E-state index contributed by atoms with van der Waals surface area (Å²) in [6, 6.07) is 0.238. The van der Waals surface area contributed by atoms with Crippen molar-refractivity contribution in [3.8, 4) is 0 Å². The summed E-state index contributed by atoms with van der Waals surface area (Å²) >= 11 is 0. The van der Waals surface area contributed by atoms with Gasteiger partial charge in [0.15, 0.2) is 0 Å². The first-order valence-corrected chi connectivity index (χ1v) is 8.45. The molecule has 5 nitrogen and oxygen atoms in total. The van der Waals surface area contributed by atoms with Crippen LogP contribution in [0.15, 0.2) is 0 Å².